The Morgan fingerprint density at radius 1 is 1.00 bits per heavy atom. The van der Waals surface area contributed by atoms with E-state index < -0.39 is 11.7 Å². The highest BCUT2D eigenvalue weighted by atomic mass is 19.4. The van der Waals surface area contributed by atoms with Gasteiger partial charge in [0, 0.05) is 17.8 Å². The minimum Gasteiger partial charge on any atom is -0.368 e. The third kappa shape index (κ3) is 5.28. The number of rotatable bonds is 6. The van der Waals surface area contributed by atoms with Gasteiger partial charge in [0.2, 0.25) is 5.91 Å². The fraction of sp³-hybridized carbons (Fsp3) is 0.231. The van der Waals surface area contributed by atoms with Crippen LogP contribution in [0.15, 0.2) is 72.8 Å². The maximum atomic E-state index is 13.1. The Morgan fingerprint density at radius 3 is 2.44 bits per heavy atom. The first-order chi connectivity index (χ1) is 16.2. The van der Waals surface area contributed by atoms with Crippen molar-refractivity contribution in [1.82, 2.24) is 4.90 Å². The molecule has 0 radical (unpaired) electrons. The highest BCUT2D eigenvalue weighted by molar-refractivity contribution is 6.08. The van der Waals surface area contributed by atoms with Crippen molar-refractivity contribution in [3.63, 3.8) is 0 Å². The molecule has 3 N–H and O–H groups in total. The number of likely N-dealkylation sites (tertiary alicyclic amines) is 1. The Bertz CT molecular complexity index is 1190. The lowest BCUT2D eigenvalue weighted by atomic mass is 9.98. The van der Waals surface area contributed by atoms with Crippen LogP contribution in [0.3, 0.4) is 0 Å². The molecule has 5 nitrogen and oxygen atoms in total. The third-order valence-electron chi connectivity index (χ3n) is 5.96. The zero-order valence-corrected chi connectivity index (χ0v) is 18.3. The molecular formula is C26H24F3N3O2. The molecule has 0 bridgehead atoms. The van der Waals surface area contributed by atoms with Gasteiger partial charge < -0.3 is 11.1 Å². The number of nitrogens with zero attached hydrogens (tertiary/aromatic N) is 1. The number of carbonyl (C=O) groups excluding carboxylic acids is 2. The second kappa shape index (κ2) is 9.69. The molecule has 0 saturated carbocycles. The van der Waals surface area contributed by atoms with Crippen molar-refractivity contribution in [3.05, 3.63) is 89.5 Å². The smallest absolute Gasteiger partial charge is 0.368 e. The number of anilines is 1. The Hall–Kier alpha value is -3.65. The molecular weight excluding hydrogens is 443 g/mol. The second-order valence-electron chi connectivity index (χ2n) is 8.31. The Balaban J connectivity index is 1.52. The summed E-state index contributed by atoms with van der Waals surface area (Å²) in [4.78, 5) is 26.8. The molecule has 1 unspecified atom stereocenters. The zero-order valence-electron chi connectivity index (χ0n) is 18.3. The van der Waals surface area contributed by atoms with Gasteiger partial charge >= 0.3 is 6.18 Å². The lowest BCUT2D eigenvalue weighted by molar-refractivity contribution is -0.137. The molecule has 0 aromatic heterocycles. The predicted molar refractivity (Wildman–Crippen MR) is 124 cm³/mol. The van der Waals surface area contributed by atoms with E-state index in [-0.39, 0.29) is 17.9 Å². The van der Waals surface area contributed by atoms with Crippen molar-refractivity contribution < 1.29 is 22.8 Å². The van der Waals surface area contributed by atoms with E-state index in [9.17, 15) is 22.8 Å². The molecule has 0 spiro atoms. The van der Waals surface area contributed by atoms with Crippen LogP contribution in [-0.2, 0) is 17.5 Å². The minimum atomic E-state index is -4.42. The van der Waals surface area contributed by atoms with Gasteiger partial charge in [-0.1, -0.05) is 42.5 Å². The molecule has 2 amide bonds. The quantitative estimate of drug-likeness (QED) is 0.531. The number of hydrogen-bond acceptors (Lipinski definition) is 3. The van der Waals surface area contributed by atoms with Crippen molar-refractivity contribution in [1.29, 1.82) is 0 Å². The van der Waals surface area contributed by atoms with E-state index in [2.05, 4.69) is 5.32 Å². The van der Waals surface area contributed by atoms with E-state index >= 15 is 0 Å². The van der Waals surface area contributed by atoms with Gasteiger partial charge in [0.1, 0.15) is 0 Å². The number of primary amides is 1. The van der Waals surface area contributed by atoms with Crippen molar-refractivity contribution in [2.75, 3.05) is 11.9 Å². The molecule has 4 rings (SSSR count). The number of nitrogens with two attached hydrogens (primary N) is 1. The number of halogens is 3. The van der Waals surface area contributed by atoms with Crippen LogP contribution in [0.4, 0.5) is 18.9 Å². The van der Waals surface area contributed by atoms with Crippen LogP contribution in [-0.4, -0.2) is 29.3 Å². The van der Waals surface area contributed by atoms with Crippen molar-refractivity contribution in [2.45, 2.75) is 31.6 Å². The summed E-state index contributed by atoms with van der Waals surface area (Å²) in [6.07, 6.45) is -2.77. The van der Waals surface area contributed by atoms with E-state index in [0.29, 0.717) is 28.9 Å². The van der Waals surface area contributed by atoms with E-state index in [0.717, 1.165) is 37.1 Å². The van der Waals surface area contributed by atoms with Gasteiger partial charge in [0.05, 0.1) is 11.6 Å². The van der Waals surface area contributed by atoms with Crippen molar-refractivity contribution in [2.24, 2.45) is 5.73 Å². The average molecular weight is 467 g/mol. The van der Waals surface area contributed by atoms with E-state index in [1.807, 2.05) is 23.1 Å². The maximum Gasteiger partial charge on any atom is 0.416 e. The Kier molecular flexibility index (Phi) is 6.70. The summed E-state index contributed by atoms with van der Waals surface area (Å²) >= 11 is 0. The first kappa shape index (κ1) is 23.5. The monoisotopic (exact) mass is 467 g/mol. The highest BCUT2D eigenvalue weighted by Crippen LogP contribution is 2.32. The van der Waals surface area contributed by atoms with Gasteiger partial charge in [-0.3, -0.25) is 14.5 Å². The van der Waals surface area contributed by atoms with Crippen LogP contribution in [0.1, 0.15) is 34.3 Å². The third-order valence-corrected chi connectivity index (χ3v) is 5.96. The summed E-state index contributed by atoms with van der Waals surface area (Å²) < 4.78 is 38.7. The fourth-order valence-electron chi connectivity index (χ4n) is 4.29. The van der Waals surface area contributed by atoms with E-state index in [1.54, 1.807) is 30.3 Å². The number of carbonyl (C=O) groups is 2. The molecule has 8 heteroatoms. The maximum absolute atomic E-state index is 13.1. The first-order valence-electron chi connectivity index (χ1n) is 10.9. The summed E-state index contributed by atoms with van der Waals surface area (Å²) in [5.41, 5.74) is 7.67. The number of benzene rings is 3. The van der Waals surface area contributed by atoms with Gasteiger partial charge in [-0.15, -0.1) is 0 Å². The average Bonchev–Trinajstić information content (AvgIpc) is 3.27. The number of amides is 2. The van der Waals surface area contributed by atoms with Crippen LogP contribution >= 0.6 is 0 Å². The van der Waals surface area contributed by atoms with E-state index in [4.69, 9.17) is 5.73 Å². The molecule has 1 atom stereocenters. The second-order valence-corrected chi connectivity index (χ2v) is 8.31. The summed E-state index contributed by atoms with van der Waals surface area (Å²) in [6.45, 7) is 1.32. The first-order valence-corrected chi connectivity index (χ1v) is 10.9. The summed E-state index contributed by atoms with van der Waals surface area (Å²) in [5, 5.41) is 2.87. The molecule has 1 saturated heterocycles. The Labute approximate surface area is 195 Å². The predicted octanol–water partition coefficient (Wildman–Crippen LogP) is 5.07. The van der Waals surface area contributed by atoms with Crippen LogP contribution in [0.2, 0.25) is 0 Å². The normalized spacial score (nSPS) is 16.4. The summed E-state index contributed by atoms with van der Waals surface area (Å²) in [5.74, 6) is -0.703. The molecule has 1 aliphatic rings. The van der Waals surface area contributed by atoms with Gasteiger partial charge in [-0.2, -0.15) is 13.2 Å². The standard InChI is InChI=1S/C26H24F3N3O2/c27-26(28,29)19-12-10-18(11-13-19)21-7-1-2-8-22(21)25(34)31-20-6-3-5-17(15-20)16-32-14-4-9-23(32)24(30)33/h1-3,5-8,10-13,15,23H,4,9,14,16H2,(H2,30,33)(H,31,34). The summed E-state index contributed by atoms with van der Waals surface area (Å²) in [6, 6.07) is 18.6. The van der Waals surface area contributed by atoms with Crippen molar-refractivity contribution in [3.8, 4) is 11.1 Å². The molecule has 3 aromatic carbocycles. The van der Waals surface area contributed by atoms with Crippen LogP contribution in [0, 0.1) is 0 Å². The molecule has 1 aliphatic heterocycles. The lowest BCUT2D eigenvalue weighted by Crippen LogP contribution is -2.39. The van der Waals surface area contributed by atoms with Crippen molar-refractivity contribution >= 4 is 17.5 Å². The molecule has 0 aliphatic carbocycles. The lowest BCUT2D eigenvalue weighted by Gasteiger charge is -2.22. The molecule has 1 heterocycles. The molecule has 3 aromatic rings. The van der Waals surface area contributed by atoms with Gasteiger partial charge in [-0.05, 0) is 66.4 Å². The minimum absolute atomic E-state index is 0.283. The number of hydrogen-bond donors (Lipinski definition) is 2. The highest BCUT2D eigenvalue weighted by Gasteiger charge is 2.30. The number of nitrogens with one attached hydrogen (secondary N) is 1. The molecule has 34 heavy (non-hydrogen) atoms. The van der Waals surface area contributed by atoms with Crippen LogP contribution in [0.5, 0.6) is 0 Å². The Morgan fingerprint density at radius 2 is 1.74 bits per heavy atom. The van der Waals surface area contributed by atoms with Gasteiger partial charge in [-0.25, -0.2) is 0 Å². The van der Waals surface area contributed by atoms with Crippen LogP contribution < -0.4 is 11.1 Å². The zero-order chi connectivity index (χ0) is 24.3. The largest absolute Gasteiger partial charge is 0.416 e. The fourth-order valence-corrected chi connectivity index (χ4v) is 4.29. The summed E-state index contributed by atoms with van der Waals surface area (Å²) in [7, 11) is 0. The molecule has 176 valence electrons. The van der Waals surface area contributed by atoms with Crippen LogP contribution in [0.25, 0.3) is 11.1 Å². The van der Waals surface area contributed by atoms with E-state index in [1.165, 1.54) is 12.1 Å². The number of alkyl halides is 3. The topological polar surface area (TPSA) is 75.4 Å². The molecule has 1 fully saturated rings. The SMILES string of the molecule is NC(=O)C1CCCN1Cc1cccc(NC(=O)c2ccccc2-c2ccc(C(F)(F)F)cc2)c1. The van der Waals surface area contributed by atoms with Gasteiger partial charge in [0.15, 0.2) is 0 Å². The van der Waals surface area contributed by atoms with Gasteiger partial charge in [0.25, 0.3) is 5.91 Å².